The standard InChI is InChI=1S/C37H46Cl3N3O6S/c1-43-24-34(33-22-31(39)23-36(40)35(33)25-43)29-3-2-4-32(21-29)50(45,46)42-14-16-48-18-20-49-19-17-47-15-13-41-37(44)28-7-5-26(6-8-28)27-9-11-30(38)12-10-27/h5-12,22-23,29,32,34,42H,2-4,13-21,24-25H2,1H3,(H,41,44)/t29?,32?,34-/m0/s1. The largest absolute Gasteiger partial charge is 0.378 e. The van der Waals surface area contributed by atoms with E-state index in [-0.39, 0.29) is 30.9 Å². The molecule has 9 nitrogen and oxygen atoms in total. The predicted molar refractivity (Wildman–Crippen MR) is 200 cm³/mol. The molecule has 2 N–H and O–H groups in total. The molecule has 272 valence electrons. The molecule has 2 aliphatic rings. The molecular weight excluding hydrogens is 721 g/mol. The molecule has 50 heavy (non-hydrogen) atoms. The molecule has 1 amide bonds. The number of carbonyl (C=O) groups excluding carboxylic acids is 1. The number of nitrogens with one attached hydrogen (secondary N) is 2. The number of nitrogens with zero attached hydrogens (tertiary/aromatic N) is 1. The van der Waals surface area contributed by atoms with Crippen molar-refractivity contribution in [3.63, 3.8) is 0 Å². The first-order chi connectivity index (χ1) is 24.1. The highest BCUT2D eigenvalue weighted by molar-refractivity contribution is 7.90. The molecule has 3 aromatic rings. The van der Waals surface area contributed by atoms with Crippen molar-refractivity contribution in [1.82, 2.24) is 14.9 Å². The SMILES string of the molecule is CN1Cc2c(Cl)cc(Cl)cc2[C@H](C2CCCC(S(=O)(=O)NCCOCCOCCOCCNC(=O)c3ccc(-c4ccc(Cl)cc4)cc3)C2)C1. The van der Waals surface area contributed by atoms with Gasteiger partial charge in [-0.3, -0.25) is 4.79 Å². The Kier molecular flexibility index (Phi) is 14.8. The maximum Gasteiger partial charge on any atom is 0.251 e. The Morgan fingerprint density at radius 1 is 0.820 bits per heavy atom. The summed E-state index contributed by atoms with van der Waals surface area (Å²) in [5.74, 6) is 0.274. The van der Waals surface area contributed by atoms with Crippen LogP contribution in [0, 0.1) is 5.92 Å². The number of hydrogen-bond acceptors (Lipinski definition) is 7. The lowest BCUT2D eigenvalue weighted by Gasteiger charge is -2.40. The number of halogens is 3. The molecule has 3 atom stereocenters. The summed E-state index contributed by atoms with van der Waals surface area (Å²) in [5.41, 5.74) is 4.88. The van der Waals surface area contributed by atoms with Gasteiger partial charge in [-0.15, -0.1) is 0 Å². The van der Waals surface area contributed by atoms with Crippen LogP contribution >= 0.6 is 34.8 Å². The highest BCUT2D eigenvalue weighted by Gasteiger charge is 2.38. The summed E-state index contributed by atoms with van der Waals surface area (Å²) >= 11 is 18.9. The molecule has 0 aromatic heterocycles. The molecule has 0 spiro atoms. The second-order valence-electron chi connectivity index (χ2n) is 12.9. The van der Waals surface area contributed by atoms with E-state index in [0.717, 1.165) is 48.2 Å². The van der Waals surface area contributed by atoms with E-state index in [9.17, 15) is 13.2 Å². The number of hydrogen-bond donors (Lipinski definition) is 2. The van der Waals surface area contributed by atoms with E-state index in [1.54, 1.807) is 18.2 Å². The minimum Gasteiger partial charge on any atom is -0.378 e. The number of fused-ring (bicyclic) bond motifs is 1. The normalized spacial score (nSPS) is 19.6. The first-order valence-corrected chi connectivity index (χ1v) is 19.8. The quantitative estimate of drug-likeness (QED) is 0.146. The van der Waals surface area contributed by atoms with Gasteiger partial charge < -0.3 is 24.4 Å². The van der Waals surface area contributed by atoms with Gasteiger partial charge in [0.25, 0.3) is 5.91 Å². The van der Waals surface area contributed by atoms with Crippen molar-refractivity contribution >= 4 is 50.7 Å². The van der Waals surface area contributed by atoms with Crippen molar-refractivity contribution in [1.29, 1.82) is 0 Å². The van der Waals surface area contributed by atoms with Crippen LogP contribution in [0.3, 0.4) is 0 Å². The van der Waals surface area contributed by atoms with Crippen molar-refractivity contribution in [2.75, 3.05) is 66.3 Å². The van der Waals surface area contributed by atoms with E-state index in [1.165, 1.54) is 0 Å². The Hall–Kier alpha value is -2.25. The zero-order valence-corrected chi connectivity index (χ0v) is 31.4. The summed E-state index contributed by atoms with van der Waals surface area (Å²) in [5, 5.41) is 4.40. The van der Waals surface area contributed by atoms with Gasteiger partial charge in [0, 0.05) is 46.8 Å². The van der Waals surface area contributed by atoms with Crippen molar-refractivity contribution in [3.05, 3.63) is 92.4 Å². The zero-order valence-electron chi connectivity index (χ0n) is 28.3. The van der Waals surface area contributed by atoms with Gasteiger partial charge in [-0.25, -0.2) is 13.1 Å². The van der Waals surface area contributed by atoms with Crippen molar-refractivity contribution in [2.24, 2.45) is 5.92 Å². The Balaban J connectivity index is 0.899. The smallest absolute Gasteiger partial charge is 0.251 e. The average molecular weight is 767 g/mol. The minimum atomic E-state index is -3.48. The lowest BCUT2D eigenvalue weighted by Crippen LogP contribution is -2.42. The zero-order chi connectivity index (χ0) is 35.5. The monoisotopic (exact) mass is 765 g/mol. The lowest BCUT2D eigenvalue weighted by molar-refractivity contribution is 0.0162. The molecule has 1 aliphatic carbocycles. The summed E-state index contributed by atoms with van der Waals surface area (Å²) in [7, 11) is -1.41. The molecule has 13 heteroatoms. The molecule has 1 fully saturated rings. The van der Waals surface area contributed by atoms with E-state index in [0.29, 0.717) is 73.1 Å². The molecule has 1 heterocycles. The number of rotatable bonds is 17. The molecule has 3 aromatic carbocycles. The Morgan fingerprint density at radius 3 is 2.12 bits per heavy atom. The Morgan fingerprint density at radius 2 is 1.44 bits per heavy atom. The number of ether oxygens (including phenoxy) is 3. The third-order valence-corrected chi connectivity index (χ3v) is 12.1. The van der Waals surface area contributed by atoms with Crippen molar-refractivity contribution in [2.45, 2.75) is 43.4 Å². The second-order valence-corrected chi connectivity index (χ2v) is 16.2. The van der Waals surface area contributed by atoms with Gasteiger partial charge in [-0.1, -0.05) is 65.5 Å². The average Bonchev–Trinajstić information content (AvgIpc) is 3.10. The fourth-order valence-electron chi connectivity index (χ4n) is 6.83. The van der Waals surface area contributed by atoms with Gasteiger partial charge in [-0.05, 0) is 96.8 Å². The van der Waals surface area contributed by atoms with Crippen LogP contribution in [0.5, 0.6) is 0 Å². The highest BCUT2D eigenvalue weighted by Crippen LogP contribution is 2.44. The maximum atomic E-state index is 13.2. The van der Waals surface area contributed by atoms with Gasteiger partial charge in [0.2, 0.25) is 10.0 Å². The van der Waals surface area contributed by atoms with E-state index in [1.807, 2.05) is 42.5 Å². The van der Waals surface area contributed by atoms with Crippen LogP contribution in [-0.2, 0) is 30.8 Å². The topological polar surface area (TPSA) is 106 Å². The molecule has 0 radical (unpaired) electrons. The van der Waals surface area contributed by atoms with Gasteiger partial charge in [0.15, 0.2) is 0 Å². The van der Waals surface area contributed by atoms with Crippen molar-refractivity contribution < 1.29 is 27.4 Å². The number of carbonyl (C=O) groups is 1. The number of amides is 1. The highest BCUT2D eigenvalue weighted by atomic mass is 35.5. The van der Waals surface area contributed by atoms with Crippen LogP contribution in [0.4, 0.5) is 0 Å². The Bertz CT molecular complexity index is 1660. The van der Waals surface area contributed by atoms with Gasteiger partial charge >= 0.3 is 0 Å². The number of likely N-dealkylation sites (N-methyl/N-ethyl adjacent to an activating group) is 1. The first-order valence-electron chi connectivity index (χ1n) is 17.1. The summed E-state index contributed by atoms with van der Waals surface area (Å²) in [6, 6.07) is 18.8. The molecule has 1 aliphatic heterocycles. The summed E-state index contributed by atoms with van der Waals surface area (Å²) in [6.45, 7) is 4.34. The minimum absolute atomic E-state index is 0.162. The summed E-state index contributed by atoms with van der Waals surface area (Å²) in [4.78, 5) is 14.7. The molecule has 1 saturated carbocycles. The van der Waals surface area contributed by atoms with Crippen LogP contribution in [0.25, 0.3) is 11.1 Å². The van der Waals surface area contributed by atoms with Crippen LogP contribution < -0.4 is 10.0 Å². The van der Waals surface area contributed by atoms with Crippen LogP contribution in [-0.4, -0.2) is 90.8 Å². The van der Waals surface area contributed by atoms with Gasteiger partial charge in [-0.2, -0.15) is 0 Å². The van der Waals surface area contributed by atoms with Crippen LogP contribution in [0.2, 0.25) is 15.1 Å². The van der Waals surface area contributed by atoms with Crippen LogP contribution in [0.15, 0.2) is 60.7 Å². The predicted octanol–water partition coefficient (Wildman–Crippen LogP) is 6.80. The molecule has 5 rings (SSSR count). The third kappa shape index (κ3) is 11.1. The number of benzene rings is 3. The maximum absolute atomic E-state index is 13.2. The van der Waals surface area contributed by atoms with E-state index in [2.05, 4.69) is 22.0 Å². The third-order valence-electron chi connectivity index (χ3n) is 9.36. The lowest BCUT2D eigenvalue weighted by atomic mass is 9.74. The van der Waals surface area contributed by atoms with E-state index in [4.69, 9.17) is 49.0 Å². The van der Waals surface area contributed by atoms with Gasteiger partial charge in [0.1, 0.15) is 0 Å². The molecule has 2 unspecified atom stereocenters. The van der Waals surface area contributed by atoms with Crippen molar-refractivity contribution in [3.8, 4) is 11.1 Å². The number of sulfonamides is 1. The van der Waals surface area contributed by atoms with Crippen LogP contribution in [0.1, 0.15) is 53.1 Å². The summed E-state index contributed by atoms with van der Waals surface area (Å²) in [6.07, 6.45) is 3.12. The fraction of sp³-hybridized carbons (Fsp3) is 0.486. The summed E-state index contributed by atoms with van der Waals surface area (Å²) < 4.78 is 45.8. The van der Waals surface area contributed by atoms with Gasteiger partial charge in [0.05, 0.1) is 44.9 Å². The second kappa shape index (κ2) is 19.0. The van der Waals surface area contributed by atoms with E-state index < -0.39 is 15.3 Å². The first kappa shape index (κ1) is 39.0. The molecule has 0 bridgehead atoms. The van der Waals surface area contributed by atoms with E-state index >= 15 is 0 Å². The molecule has 0 saturated heterocycles. The Labute approximate surface area is 311 Å². The molecular formula is C37H46Cl3N3O6S. The fourth-order valence-corrected chi connectivity index (χ4v) is 9.11.